The molecular weight excluding hydrogens is 318 g/mol. The highest BCUT2D eigenvalue weighted by Crippen LogP contribution is 2.17. The minimum atomic E-state index is 0.672. The van der Waals surface area contributed by atoms with Crippen LogP contribution in [-0.2, 0) is 6.54 Å². The fourth-order valence-corrected chi connectivity index (χ4v) is 2.12. The van der Waals surface area contributed by atoms with E-state index in [1.165, 1.54) is 5.56 Å². The highest BCUT2D eigenvalue weighted by molar-refractivity contribution is 9.10. The molecule has 6 heteroatoms. The van der Waals surface area contributed by atoms with Gasteiger partial charge < -0.3 is 16.4 Å². The van der Waals surface area contributed by atoms with Gasteiger partial charge in [0, 0.05) is 23.6 Å². The SMILES string of the molecule is NCCCNc1cc(NCc2ccccc2Br)ncn1. The topological polar surface area (TPSA) is 75.9 Å². The van der Waals surface area contributed by atoms with Gasteiger partial charge in [-0.3, -0.25) is 0 Å². The Morgan fingerprint density at radius 3 is 2.60 bits per heavy atom. The molecule has 0 radical (unpaired) electrons. The van der Waals surface area contributed by atoms with Crippen molar-refractivity contribution in [2.75, 3.05) is 23.7 Å². The first-order valence-corrected chi connectivity index (χ1v) is 7.32. The third-order valence-corrected chi connectivity index (χ3v) is 3.55. The van der Waals surface area contributed by atoms with Crippen LogP contribution in [0.2, 0.25) is 0 Å². The van der Waals surface area contributed by atoms with E-state index in [1.54, 1.807) is 6.33 Å². The van der Waals surface area contributed by atoms with Crippen LogP contribution in [0.25, 0.3) is 0 Å². The summed E-state index contributed by atoms with van der Waals surface area (Å²) in [5, 5.41) is 6.50. The number of nitrogens with one attached hydrogen (secondary N) is 2. The summed E-state index contributed by atoms with van der Waals surface area (Å²) in [4.78, 5) is 8.38. The normalized spacial score (nSPS) is 10.3. The van der Waals surface area contributed by atoms with Crippen molar-refractivity contribution in [2.45, 2.75) is 13.0 Å². The second kappa shape index (κ2) is 7.81. The van der Waals surface area contributed by atoms with E-state index in [0.717, 1.165) is 29.1 Å². The van der Waals surface area contributed by atoms with E-state index in [0.29, 0.717) is 13.1 Å². The number of nitrogens with two attached hydrogens (primary N) is 1. The van der Waals surface area contributed by atoms with Gasteiger partial charge in [-0.25, -0.2) is 9.97 Å². The van der Waals surface area contributed by atoms with Gasteiger partial charge in [0.15, 0.2) is 0 Å². The number of hydrogen-bond acceptors (Lipinski definition) is 5. The molecule has 106 valence electrons. The van der Waals surface area contributed by atoms with Crippen LogP contribution in [0.5, 0.6) is 0 Å². The molecule has 4 N–H and O–H groups in total. The first kappa shape index (κ1) is 14.7. The van der Waals surface area contributed by atoms with Crippen molar-refractivity contribution in [1.29, 1.82) is 0 Å². The zero-order valence-electron chi connectivity index (χ0n) is 11.1. The second-order valence-electron chi connectivity index (χ2n) is 4.30. The van der Waals surface area contributed by atoms with Crippen molar-refractivity contribution in [3.05, 3.63) is 46.7 Å². The van der Waals surface area contributed by atoms with E-state index >= 15 is 0 Å². The molecule has 1 aromatic carbocycles. The van der Waals surface area contributed by atoms with Crippen LogP contribution in [0.15, 0.2) is 41.1 Å². The Morgan fingerprint density at radius 2 is 1.85 bits per heavy atom. The highest BCUT2D eigenvalue weighted by atomic mass is 79.9. The lowest BCUT2D eigenvalue weighted by molar-refractivity contribution is 0.869. The van der Waals surface area contributed by atoms with Gasteiger partial charge in [0.25, 0.3) is 0 Å². The lowest BCUT2D eigenvalue weighted by Gasteiger charge is -2.09. The predicted octanol–water partition coefficient (Wildman–Crippen LogP) is 2.61. The smallest absolute Gasteiger partial charge is 0.131 e. The van der Waals surface area contributed by atoms with Gasteiger partial charge in [0.2, 0.25) is 0 Å². The molecule has 0 amide bonds. The number of benzene rings is 1. The van der Waals surface area contributed by atoms with Crippen LogP contribution in [0.4, 0.5) is 11.6 Å². The zero-order chi connectivity index (χ0) is 14.2. The maximum atomic E-state index is 5.46. The molecule has 0 aliphatic carbocycles. The van der Waals surface area contributed by atoms with Crippen molar-refractivity contribution < 1.29 is 0 Å². The molecule has 2 rings (SSSR count). The first-order chi connectivity index (χ1) is 9.79. The van der Waals surface area contributed by atoms with Crippen molar-refractivity contribution >= 4 is 27.6 Å². The summed E-state index contributed by atoms with van der Waals surface area (Å²) in [5.41, 5.74) is 6.64. The summed E-state index contributed by atoms with van der Waals surface area (Å²) in [5.74, 6) is 1.61. The number of halogens is 1. The monoisotopic (exact) mass is 335 g/mol. The van der Waals surface area contributed by atoms with E-state index in [-0.39, 0.29) is 0 Å². The molecule has 0 fully saturated rings. The van der Waals surface area contributed by atoms with E-state index in [1.807, 2.05) is 24.3 Å². The molecule has 0 unspecified atom stereocenters. The van der Waals surface area contributed by atoms with Gasteiger partial charge in [-0.15, -0.1) is 0 Å². The van der Waals surface area contributed by atoms with E-state index in [4.69, 9.17) is 5.73 Å². The van der Waals surface area contributed by atoms with Crippen molar-refractivity contribution in [1.82, 2.24) is 9.97 Å². The Kier molecular flexibility index (Phi) is 5.76. The van der Waals surface area contributed by atoms with Crippen LogP contribution >= 0.6 is 15.9 Å². The van der Waals surface area contributed by atoms with Crippen molar-refractivity contribution in [3.63, 3.8) is 0 Å². The van der Waals surface area contributed by atoms with E-state index in [9.17, 15) is 0 Å². The summed E-state index contributed by atoms with van der Waals surface area (Å²) in [6.45, 7) is 2.20. The summed E-state index contributed by atoms with van der Waals surface area (Å²) < 4.78 is 1.09. The zero-order valence-corrected chi connectivity index (χ0v) is 12.7. The van der Waals surface area contributed by atoms with Gasteiger partial charge >= 0.3 is 0 Å². The number of hydrogen-bond donors (Lipinski definition) is 3. The average molecular weight is 336 g/mol. The fourth-order valence-electron chi connectivity index (χ4n) is 1.70. The van der Waals surface area contributed by atoms with Gasteiger partial charge in [-0.2, -0.15) is 0 Å². The fraction of sp³-hybridized carbons (Fsp3) is 0.286. The maximum absolute atomic E-state index is 5.46. The summed E-state index contributed by atoms with van der Waals surface area (Å²) in [7, 11) is 0. The van der Waals surface area contributed by atoms with Gasteiger partial charge in [0.1, 0.15) is 18.0 Å². The lowest BCUT2D eigenvalue weighted by atomic mass is 10.2. The van der Waals surface area contributed by atoms with Crippen LogP contribution in [0.1, 0.15) is 12.0 Å². The Balaban J connectivity index is 1.93. The van der Waals surface area contributed by atoms with Crippen LogP contribution < -0.4 is 16.4 Å². The number of anilines is 2. The molecule has 0 spiro atoms. The predicted molar refractivity (Wildman–Crippen MR) is 85.7 cm³/mol. The molecule has 0 aliphatic heterocycles. The molecular formula is C14H18BrN5. The molecule has 0 aliphatic rings. The average Bonchev–Trinajstić information content (AvgIpc) is 2.47. The summed E-state index contributed by atoms with van der Waals surface area (Å²) >= 11 is 3.53. The van der Waals surface area contributed by atoms with Crippen molar-refractivity contribution in [2.24, 2.45) is 5.73 Å². The molecule has 20 heavy (non-hydrogen) atoms. The van der Waals surface area contributed by atoms with Gasteiger partial charge in [-0.05, 0) is 24.6 Å². The lowest BCUT2D eigenvalue weighted by Crippen LogP contribution is -2.10. The van der Waals surface area contributed by atoms with E-state index in [2.05, 4.69) is 42.6 Å². The molecule has 5 nitrogen and oxygen atoms in total. The molecule has 2 aromatic rings. The van der Waals surface area contributed by atoms with Crippen LogP contribution in [0.3, 0.4) is 0 Å². The quantitative estimate of drug-likeness (QED) is 0.678. The maximum Gasteiger partial charge on any atom is 0.131 e. The number of rotatable bonds is 7. The Labute approximate surface area is 127 Å². The molecule has 0 saturated heterocycles. The van der Waals surface area contributed by atoms with Crippen LogP contribution in [0, 0.1) is 0 Å². The van der Waals surface area contributed by atoms with E-state index < -0.39 is 0 Å². The molecule has 0 bridgehead atoms. The number of aromatic nitrogens is 2. The Morgan fingerprint density at radius 1 is 1.10 bits per heavy atom. The minimum absolute atomic E-state index is 0.672. The Hall–Kier alpha value is -1.66. The first-order valence-electron chi connectivity index (χ1n) is 6.53. The molecule has 0 saturated carbocycles. The number of nitrogens with zero attached hydrogens (tertiary/aromatic N) is 2. The third kappa shape index (κ3) is 4.47. The minimum Gasteiger partial charge on any atom is -0.370 e. The van der Waals surface area contributed by atoms with Crippen molar-refractivity contribution in [3.8, 4) is 0 Å². The highest BCUT2D eigenvalue weighted by Gasteiger charge is 2.01. The Bertz CT molecular complexity index is 547. The second-order valence-corrected chi connectivity index (χ2v) is 5.16. The van der Waals surface area contributed by atoms with Crippen LogP contribution in [-0.4, -0.2) is 23.1 Å². The van der Waals surface area contributed by atoms with Gasteiger partial charge in [0.05, 0.1) is 0 Å². The standard InChI is InChI=1S/C14H18BrN5/c15-12-5-2-1-4-11(12)9-18-14-8-13(19-10-20-14)17-7-3-6-16/h1-2,4-5,8,10H,3,6-7,9,16H2,(H2,17,18,19,20). The molecule has 1 heterocycles. The molecule has 0 atom stereocenters. The molecule has 1 aromatic heterocycles. The largest absolute Gasteiger partial charge is 0.370 e. The summed E-state index contributed by atoms with van der Waals surface area (Å²) in [6, 6.07) is 10.0. The summed E-state index contributed by atoms with van der Waals surface area (Å²) in [6.07, 6.45) is 2.47. The van der Waals surface area contributed by atoms with Gasteiger partial charge in [-0.1, -0.05) is 34.1 Å². The third-order valence-electron chi connectivity index (χ3n) is 2.77.